The fraction of sp³-hybridized carbons (Fsp3) is 0.357. The molecule has 0 radical (unpaired) electrons. The summed E-state index contributed by atoms with van der Waals surface area (Å²) in [4.78, 5) is 12.0. The van der Waals surface area contributed by atoms with Gasteiger partial charge in [-0.25, -0.2) is 0 Å². The first-order valence-electron chi connectivity index (χ1n) is 5.24. The molecule has 0 saturated heterocycles. The lowest BCUT2D eigenvalue weighted by Crippen LogP contribution is -2.42. The van der Waals surface area contributed by atoms with Crippen molar-refractivity contribution in [3.05, 3.63) is 34.9 Å². The molecular weight excluding hydrogens is 198 g/mol. The van der Waals surface area contributed by atoms with E-state index in [9.17, 15) is 4.79 Å². The molecule has 0 aromatic heterocycles. The fourth-order valence-electron chi connectivity index (χ4n) is 1.38. The molecule has 0 aliphatic carbocycles. The summed E-state index contributed by atoms with van der Waals surface area (Å²) >= 11 is 0. The van der Waals surface area contributed by atoms with Gasteiger partial charge in [-0.05, 0) is 44.9 Å². The first-order chi connectivity index (χ1) is 7.37. The summed E-state index contributed by atoms with van der Waals surface area (Å²) in [6, 6.07) is 5.67. The Morgan fingerprint density at radius 2 is 2.00 bits per heavy atom. The number of aryl methyl sites for hydroxylation is 1. The summed E-state index contributed by atoms with van der Waals surface area (Å²) in [7, 11) is 0. The van der Waals surface area contributed by atoms with E-state index < -0.39 is 5.54 Å². The van der Waals surface area contributed by atoms with E-state index in [1.807, 2.05) is 32.0 Å². The van der Waals surface area contributed by atoms with Gasteiger partial charge < -0.3 is 5.32 Å². The van der Waals surface area contributed by atoms with E-state index >= 15 is 0 Å². The monoisotopic (exact) mass is 215 g/mol. The highest BCUT2D eigenvalue weighted by atomic mass is 16.1. The fourth-order valence-corrected chi connectivity index (χ4v) is 1.38. The highest BCUT2D eigenvalue weighted by molar-refractivity contribution is 5.96. The predicted molar refractivity (Wildman–Crippen MR) is 66.3 cm³/mol. The lowest BCUT2D eigenvalue weighted by molar-refractivity contribution is 0.0929. The Balaban J connectivity index is 2.99. The van der Waals surface area contributed by atoms with Gasteiger partial charge in [0.25, 0.3) is 5.91 Å². The number of amides is 1. The molecule has 0 spiro atoms. The van der Waals surface area contributed by atoms with Crippen LogP contribution in [0.25, 0.3) is 0 Å². The van der Waals surface area contributed by atoms with Crippen molar-refractivity contribution in [2.45, 2.75) is 33.2 Å². The van der Waals surface area contributed by atoms with Crippen molar-refractivity contribution in [3.8, 4) is 12.3 Å². The van der Waals surface area contributed by atoms with E-state index in [0.29, 0.717) is 5.56 Å². The quantitative estimate of drug-likeness (QED) is 0.754. The van der Waals surface area contributed by atoms with Crippen molar-refractivity contribution < 1.29 is 4.79 Å². The highest BCUT2D eigenvalue weighted by Crippen LogP contribution is 2.13. The first-order valence-corrected chi connectivity index (χ1v) is 5.24. The van der Waals surface area contributed by atoms with Gasteiger partial charge in [-0.2, -0.15) is 0 Å². The van der Waals surface area contributed by atoms with Gasteiger partial charge in [0.05, 0.1) is 5.54 Å². The average Bonchev–Trinajstić information content (AvgIpc) is 2.21. The minimum atomic E-state index is -0.618. The third-order valence-electron chi connectivity index (χ3n) is 2.64. The summed E-state index contributed by atoms with van der Waals surface area (Å²) in [6.07, 6.45) is 5.34. The normalized spacial score (nSPS) is 10.7. The van der Waals surface area contributed by atoms with Gasteiger partial charge in [-0.3, -0.25) is 4.79 Å². The number of carbonyl (C=O) groups is 1. The number of terminal acetylenes is 1. The van der Waals surface area contributed by atoms with Crippen molar-refractivity contribution in [1.82, 2.24) is 5.32 Å². The van der Waals surface area contributed by atoms with Crippen LogP contribution >= 0.6 is 0 Å². The minimum Gasteiger partial charge on any atom is -0.336 e. The Kier molecular flexibility index (Phi) is 3.39. The van der Waals surface area contributed by atoms with E-state index in [2.05, 4.69) is 11.2 Å². The molecule has 0 heterocycles. The highest BCUT2D eigenvalue weighted by Gasteiger charge is 2.19. The second-order valence-corrected chi connectivity index (χ2v) is 4.47. The van der Waals surface area contributed by atoms with Gasteiger partial charge in [0.2, 0.25) is 0 Å². The zero-order valence-corrected chi connectivity index (χ0v) is 10.2. The van der Waals surface area contributed by atoms with Crippen LogP contribution in [0.3, 0.4) is 0 Å². The van der Waals surface area contributed by atoms with Gasteiger partial charge in [0.1, 0.15) is 0 Å². The van der Waals surface area contributed by atoms with Gasteiger partial charge in [-0.1, -0.05) is 18.1 Å². The van der Waals surface area contributed by atoms with E-state index in [1.165, 1.54) is 0 Å². The average molecular weight is 215 g/mol. The summed E-state index contributed by atoms with van der Waals surface area (Å²) in [5, 5.41) is 2.82. The lowest BCUT2D eigenvalue weighted by Gasteiger charge is -2.20. The standard InChI is InChI=1S/C14H17NO/c1-6-14(4,5)15-13(16)12-9-7-8-10(2)11(12)3/h1,7-9H,2-5H3,(H,15,16). The summed E-state index contributed by atoms with van der Waals surface area (Å²) in [5.74, 6) is 2.42. The van der Waals surface area contributed by atoms with Crippen LogP contribution in [0.15, 0.2) is 18.2 Å². The number of hydrogen-bond donors (Lipinski definition) is 1. The van der Waals surface area contributed by atoms with Crippen molar-refractivity contribution >= 4 is 5.91 Å². The van der Waals surface area contributed by atoms with Crippen LogP contribution in [0.5, 0.6) is 0 Å². The molecule has 0 unspecified atom stereocenters. The maximum absolute atomic E-state index is 12.0. The van der Waals surface area contributed by atoms with Crippen LogP contribution in [0.4, 0.5) is 0 Å². The third kappa shape index (κ3) is 2.64. The van der Waals surface area contributed by atoms with E-state index in [0.717, 1.165) is 11.1 Å². The van der Waals surface area contributed by atoms with Crippen LogP contribution in [-0.4, -0.2) is 11.4 Å². The molecule has 2 nitrogen and oxygen atoms in total. The summed E-state index contributed by atoms with van der Waals surface area (Å²) in [5.41, 5.74) is 2.16. The molecule has 1 rings (SSSR count). The summed E-state index contributed by atoms with van der Waals surface area (Å²) < 4.78 is 0. The van der Waals surface area contributed by atoms with Crippen LogP contribution in [0.1, 0.15) is 35.3 Å². The second-order valence-electron chi connectivity index (χ2n) is 4.47. The molecule has 1 aromatic rings. The van der Waals surface area contributed by atoms with Gasteiger partial charge >= 0.3 is 0 Å². The topological polar surface area (TPSA) is 29.1 Å². The van der Waals surface area contributed by atoms with Crippen LogP contribution in [0, 0.1) is 26.2 Å². The first kappa shape index (κ1) is 12.3. The molecule has 2 heteroatoms. The number of rotatable bonds is 2. The maximum Gasteiger partial charge on any atom is 0.252 e. The molecule has 16 heavy (non-hydrogen) atoms. The molecule has 0 fully saturated rings. The van der Waals surface area contributed by atoms with Crippen molar-refractivity contribution in [1.29, 1.82) is 0 Å². The van der Waals surface area contributed by atoms with Crippen LogP contribution < -0.4 is 5.32 Å². The molecule has 0 aliphatic rings. The molecule has 0 saturated carbocycles. The Hall–Kier alpha value is -1.75. The lowest BCUT2D eigenvalue weighted by atomic mass is 10.0. The van der Waals surface area contributed by atoms with Gasteiger partial charge in [0.15, 0.2) is 0 Å². The molecule has 0 atom stereocenters. The molecule has 0 bridgehead atoms. The molecule has 0 aliphatic heterocycles. The molecule has 1 amide bonds. The number of benzene rings is 1. The largest absolute Gasteiger partial charge is 0.336 e. The number of carbonyl (C=O) groups excluding carboxylic acids is 1. The van der Waals surface area contributed by atoms with E-state index in [4.69, 9.17) is 6.42 Å². The predicted octanol–water partition coefficient (Wildman–Crippen LogP) is 2.45. The number of nitrogens with one attached hydrogen (secondary N) is 1. The van der Waals surface area contributed by atoms with Crippen molar-refractivity contribution in [2.75, 3.05) is 0 Å². The molecule has 1 aromatic carbocycles. The maximum atomic E-state index is 12.0. The smallest absolute Gasteiger partial charge is 0.252 e. The minimum absolute atomic E-state index is 0.121. The van der Waals surface area contributed by atoms with Crippen molar-refractivity contribution in [3.63, 3.8) is 0 Å². The Morgan fingerprint density at radius 3 is 2.56 bits per heavy atom. The zero-order valence-electron chi connectivity index (χ0n) is 10.2. The number of hydrogen-bond acceptors (Lipinski definition) is 1. The van der Waals surface area contributed by atoms with Gasteiger partial charge in [0, 0.05) is 5.56 Å². The molecular formula is C14H17NO. The Bertz CT molecular complexity index is 452. The Morgan fingerprint density at radius 1 is 1.38 bits per heavy atom. The SMILES string of the molecule is C#CC(C)(C)NC(=O)c1cccc(C)c1C. The second kappa shape index (κ2) is 4.40. The van der Waals surface area contributed by atoms with E-state index in [-0.39, 0.29) is 5.91 Å². The zero-order chi connectivity index (χ0) is 12.3. The molecule has 84 valence electrons. The van der Waals surface area contributed by atoms with Gasteiger partial charge in [-0.15, -0.1) is 6.42 Å². The summed E-state index contributed by atoms with van der Waals surface area (Å²) in [6.45, 7) is 7.53. The van der Waals surface area contributed by atoms with Crippen LogP contribution in [-0.2, 0) is 0 Å². The van der Waals surface area contributed by atoms with E-state index in [1.54, 1.807) is 13.8 Å². The third-order valence-corrected chi connectivity index (χ3v) is 2.64. The van der Waals surface area contributed by atoms with Crippen LogP contribution in [0.2, 0.25) is 0 Å². The Labute approximate surface area is 97.1 Å². The van der Waals surface area contributed by atoms with Crippen molar-refractivity contribution in [2.24, 2.45) is 0 Å². The molecule has 1 N–H and O–H groups in total.